The molecule has 0 aromatic carbocycles. The van der Waals surface area contributed by atoms with Crippen LogP contribution in [-0.2, 0) is 9.53 Å². The number of fused-ring (bicyclic) bond motifs is 5. The summed E-state index contributed by atoms with van der Waals surface area (Å²) in [7, 11) is 0. The molecule has 5 nitrogen and oxygen atoms in total. The molecule has 0 saturated heterocycles. The molecule has 4 aliphatic carbocycles. The van der Waals surface area contributed by atoms with Crippen molar-refractivity contribution in [2.45, 2.75) is 111 Å². The number of rotatable bonds is 6. The molecule has 0 amide bonds. The Balaban J connectivity index is 1.49. The van der Waals surface area contributed by atoms with Crippen LogP contribution in [-0.4, -0.2) is 46.2 Å². The van der Waals surface area contributed by atoms with Crippen molar-refractivity contribution in [3.63, 3.8) is 0 Å². The monoisotopic (exact) mass is 476 g/mol. The van der Waals surface area contributed by atoms with Crippen LogP contribution in [0.15, 0.2) is 11.6 Å². The van der Waals surface area contributed by atoms with E-state index >= 15 is 0 Å². The minimum Gasteiger partial charge on any atom is -0.463 e. The van der Waals surface area contributed by atoms with E-state index in [9.17, 15) is 20.1 Å². The number of esters is 1. The summed E-state index contributed by atoms with van der Waals surface area (Å²) in [5, 5.41) is 33.4. The van der Waals surface area contributed by atoms with E-state index in [2.05, 4.69) is 20.8 Å². The van der Waals surface area contributed by atoms with Crippen LogP contribution in [0.25, 0.3) is 0 Å². The molecule has 34 heavy (non-hydrogen) atoms. The summed E-state index contributed by atoms with van der Waals surface area (Å²) in [5.74, 6) is 1.95. The Kier molecular flexibility index (Phi) is 7.59. The van der Waals surface area contributed by atoms with Crippen LogP contribution in [0.5, 0.6) is 0 Å². The molecule has 0 aromatic rings. The van der Waals surface area contributed by atoms with Crippen molar-refractivity contribution < 1.29 is 24.9 Å². The fourth-order valence-corrected chi connectivity index (χ4v) is 9.22. The van der Waals surface area contributed by atoms with Gasteiger partial charge in [0, 0.05) is 5.57 Å². The highest BCUT2D eigenvalue weighted by atomic mass is 16.5. The van der Waals surface area contributed by atoms with Gasteiger partial charge in [0.15, 0.2) is 0 Å². The van der Waals surface area contributed by atoms with Gasteiger partial charge in [0.05, 0.1) is 24.9 Å². The highest BCUT2D eigenvalue weighted by Gasteiger charge is 2.65. The lowest BCUT2D eigenvalue weighted by atomic mass is 9.43. The molecule has 0 radical (unpaired) electrons. The molecular formula is C29H48O5. The van der Waals surface area contributed by atoms with Crippen LogP contribution in [0.3, 0.4) is 0 Å². The molecule has 4 rings (SSSR count). The second-order valence-electron chi connectivity index (χ2n) is 12.7. The predicted octanol–water partition coefficient (Wildman–Crippen LogP) is 4.87. The first-order valence-electron chi connectivity index (χ1n) is 13.9. The normalized spacial score (nSPS) is 47.4. The first-order chi connectivity index (χ1) is 16.0. The molecule has 11 atom stereocenters. The molecule has 4 saturated carbocycles. The van der Waals surface area contributed by atoms with Crippen LogP contribution < -0.4 is 0 Å². The maximum absolute atomic E-state index is 11.9. The van der Waals surface area contributed by atoms with E-state index in [1.807, 2.05) is 19.9 Å². The van der Waals surface area contributed by atoms with Crippen molar-refractivity contribution in [1.29, 1.82) is 0 Å². The average Bonchev–Trinajstić information content (AvgIpc) is 3.14. The number of hydrogen-bond donors (Lipinski definition) is 3. The van der Waals surface area contributed by atoms with Gasteiger partial charge in [-0.05, 0) is 118 Å². The van der Waals surface area contributed by atoms with Gasteiger partial charge in [0.1, 0.15) is 0 Å². The fourth-order valence-electron chi connectivity index (χ4n) is 9.22. The largest absolute Gasteiger partial charge is 0.463 e. The smallest absolute Gasteiger partial charge is 0.333 e. The van der Waals surface area contributed by atoms with Gasteiger partial charge in [-0.3, -0.25) is 0 Å². The Bertz CT molecular complexity index is 778. The number of hydrogen-bond acceptors (Lipinski definition) is 5. The summed E-state index contributed by atoms with van der Waals surface area (Å²) in [6, 6.07) is 0. The van der Waals surface area contributed by atoms with E-state index in [0.29, 0.717) is 41.8 Å². The van der Waals surface area contributed by atoms with E-state index in [1.165, 1.54) is 0 Å². The Hall–Kier alpha value is -0.910. The van der Waals surface area contributed by atoms with Crippen molar-refractivity contribution >= 4 is 5.97 Å². The molecule has 0 aliphatic heterocycles. The van der Waals surface area contributed by atoms with Gasteiger partial charge in [-0.1, -0.05) is 26.8 Å². The molecule has 0 bridgehead atoms. The Morgan fingerprint density at radius 3 is 2.53 bits per heavy atom. The van der Waals surface area contributed by atoms with Crippen molar-refractivity contribution in [3.05, 3.63) is 11.6 Å². The number of aliphatic hydroxyl groups excluding tert-OH is 3. The quantitative estimate of drug-likeness (QED) is 0.376. The lowest BCUT2D eigenvalue weighted by Crippen LogP contribution is -2.62. The summed E-state index contributed by atoms with van der Waals surface area (Å²) in [4.78, 5) is 11.9. The molecule has 4 aliphatic rings. The number of allylic oxidation sites excluding steroid dienone is 1. The highest BCUT2D eigenvalue weighted by Crippen LogP contribution is 2.68. The van der Waals surface area contributed by atoms with Gasteiger partial charge >= 0.3 is 5.97 Å². The van der Waals surface area contributed by atoms with E-state index < -0.39 is 0 Å². The van der Waals surface area contributed by atoms with Gasteiger partial charge in [-0.2, -0.15) is 0 Å². The molecule has 4 unspecified atom stereocenters. The van der Waals surface area contributed by atoms with Crippen LogP contribution in [0.4, 0.5) is 0 Å². The van der Waals surface area contributed by atoms with Crippen molar-refractivity contribution in [2.24, 2.45) is 46.3 Å². The second-order valence-corrected chi connectivity index (χ2v) is 12.7. The number of ether oxygens (including phenoxy) is 1. The lowest BCUT2D eigenvalue weighted by Gasteiger charge is -2.63. The first kappa shape index (κ1) is 26.2. The summed E-state index contributed by atoms with van der Waals surface area (Å²) in [6.45, 7) is 11.0. The Morgan fingerprint density at radius 2 is 1.82 bits per heavy atom. The SMILES string of the molecule is CCOC(=O)/C(C)=C/CC[C@@H](C)[C@H]1CCC2C3C(O)C[C@@H]4C[C@H](O)CC[C@]4(C)C3C[C@H](O)[C@@]21C. The van der Waals surface area contributed by atoms with E-state index in [0.717, 1.165) is 57.8 Å². The third-order valence-electron chi connectivity index (χ3n) is 11.2. The third kappa shape index (κ3) is 4.28. The van der Waals surface area contributed by atoms with Gasteiger partial charge in [0.2, 0.25) is 0 Å². The predicted molar refractivity (Wildman–Crippen MR) is 133 cm³/mol. The zero-order valence-electron chi connectivity index (χ0n) is 22.0. The molecule has 0 spiro atoms. The second kappa shape index (κ2) is 9.86. The van der Waals surface area contributed by atoms with Gasteiger partial charge < -0.3 is 20.1 Å². The molecule has 4 fully saturated rings. The summed E-state index contributed by atoms with van der Waals surface area (Å²) >= 11 is 0. The minimum absolute atomic E-state index is 0.116. The van der Waals surface area contributed by atoms with Gasteiger partial charge in [-0.15, -0.1) is 0 Å². The van der Waals surface area contributed by atoms with E-state index in [1.54, 1.807) is 0 Å². The number of aliphatic hydroxyl groups is 3. The van der Waals surface area contributed by atoms with E-state index in [-0.39, 0.29) is 41.0 Å². The minimum atomic E-state index is -0.347. The summed E-state index contributed by atoms with van der Waals surface area (Å²) in [5.41, 5.74) is 0.625. The fraction of sp³-hybridized carbons (Fsp3) is 0.897. The third-order valence-corrected chi connectivity index (χ3v) is 11.2. The molecule has 0 heterocycles. The van der Waals surface area contributed by atoms with Crippen LogP contribution in [0, 0.1) is 46.3 Å². The average molecular weight is 477 g/mol. The van der Waals surface area contributed by atoms with Crippen molar-refractivity contribution in [1.82, 2.24) is 0 Å². The molecule has 5 heteroatoms. The molecule has 0 aromatic heterocycles. The number of carbonyl (C=O) groups is 1. The van der Waals surface area contributed by atoms with E-state index in [4.69, 9.17) is 4.74 Å². The Morgan fingerprint density at radius 1 is 1.09 bits per heavy atom. The number of carbonyl (C=O) groups excluding carboxylic acids is 1. The summed E-state index contributed by atoms with van der Waals surface area (Å²) < 4.78 is 5.10. The van der Waals surface area contributed by atoms with Gasteiger partial charge in [-0.25, -0.2) is 4.79 Å². The first-order valence-corrected chi connectivity index (χ1v) is 13.9. The lowest BCUT2D eigenvalue weighted by molar-refractivity contribution is -0.207. The topological polar surface area (TPSA) is 87.0 Å². The standard InChI is InChI=1S/C29H48O5/c1-6-34-27(33)18(3)9-7-8-17(2)21-10-11-22-26-23(16-25(32)29(21,22)5)28(4)13-12-20(30)14-19(28)15-24(26)31/h9,17,19-26,30-32H,6-8,10-16H2,1-5H3/b18-9+/t17-,19+,20-,21-,22?,23?,24?,25+,26?,28+,29-/m1/s1. The molecule has 3 N–H and O–H groups in total. The van der Waals surface area contributed by atoms with Crippen LogP contribution in [0.1, 0.15) is 92.4 Å². The molecule has 194 valence electrons. The van der Waals surface area contributed by atoms with Crippen molar-refractivity contribution in [2.75, 3.05) is 6.61 Å². The van der Waals surface area contributed by atoms with Crippen molar-refractivity contribution in [3.8, 4) is 0 Å². The van der Waals surface area contributed by atoms with Gasteiger partial charge in [0.25, 0.3) is 0 Å². The van der Waals surface area contributed by atoms with Crippen LogP contribution >= 0.6 is 0 Å². The zero-order valence-corrected chi connectivity index (χ0v) is 22.0. The summed E-state index contributed by atoms with van der Waals surface area (Å²) in [6.07, 6.45) is 9.36. The maximum atomic E-state index is 11.9. The zero-order chi connectivity index (χ0) is 24.8. The maximum Gasteiger partial charge on any atom is 0.333 e. The highest BCUT2D eigenvalue weighted by molar-refractivity contribution is 5.87. The van der Waals surface area contributed by atoms with Crippen LogP contribution in [0.2, 0.25) is 0 Å². The molecular weight excluding hydrogens is 428 g/mol. The Labute approximate surface area is 206 Å².